The SMILES string of the molecule is Cc1nn(-c2ccc(C(=O)NNC(=O)COc3ccc(C#N)cc3)cc2)c(C)c1Cl. The van der Waals surface area contributed by atoms with Gasteiger partial charge in [-0.15, -0.1) is 0 Å². The molecule has 0 spiro atoms. The molecule has 0 atom stereocenters. The van der Waals surface area contributed by atoms with E-state index in [1.807, 2.05) is 19.9 Å². The van der Waals surface area contributed by atoms with Gasteiger partial charge in [0.1, 0.15) is 5.75 Å². The lowest BCUT2D eigenvalue weighted by Gasteiger charge is -2.10. The second-order valence-corrected chi connectivity index (χ2v) is 6.75. The predicted octanol–water partition coefficient (Wildman–Crippen LogP) is 2.85. The summed E-state index contributed by atoms with van der Waals surface area (Å²) in [6, 6.07) is 15.0. The van der Waals surface area contributed by atoms with Crippen molar-refractivity contribution in [3.8, 4) is 17.5 Å². The summed E-state index contributed by atoms with van der Waals surface area (Å²) in [6.07, 6.45) is 0. The first kappa shape index (κ1) is 20.9. The fraction of sp³-hybridized carbons (Fsp3) is 0.143. The lowest BCUT2D eigenvalue weighted by atomic mass is 10.2. The van der Waals surface area contributed by atoms with Crippen LogP contribution in [0.5, 0.6) is 5.75 Å². The maximum absolute atomic E-state index is 12.2. The van der Waals surface area contributed by atoms with Gasteiger partial charge in [0.2, 0.25) is 0 Å². The fourth-order valence-electron chi connectivity index (χ4n) is 2.64. The van der Waals surface area contributed by atoms with Crippen LogP contribution in [0.3, 0.4) is 0 Å². The summed E-state index contributed by atoms with van der Waals surface area (Å²) in [7, 11) is 0. The Morgan fingerprint density at radius 1 is 1.10 bits per heavy atom. The number of carbonyl (C=O) groups excluding carboxylic acids is 2. The number of halogens is 1. The van der Waals surface area contributed by atoms with Gasteiger partial charge in [-0.05, 0) is 62.4 Å². The minimum absolute atomic E-state index is 0.288. The van der Waals surface area contributed by atoms with E-state index in [1.54, 1.807) is 53.2 Å². The van der Waals surface area contributed by atoms with Gasteiger partial charge in [0.15, 0.2) is 6.61 Å². The number of amides is 2. The van der Waals surface area contributed by atoms with Crippen LogP contribution in [-0.2, 0) is 4.79 Å². The molecule has 0 aliphatic rings. The summed E-state index contributed by atoms with van der Waals surface area (Å²) in [5.41, 5.74) is 7.77. The summed E-state index contributed by atoms with van der Waals surface area (Å²) < 4.78 is 7.00. The van der Waals surface area contributed by atoms with Gasteiger partial charge < -0.3 is 4.74 Å². The highest BCUT2D eigenvalue weighted by Crippen LogP contribution is 2.22. The molecular formula is C21H18ClN5O3. The number of carbonyl (C=O) groups is 2. The van der Waals surface area contributed by atoms with Gasteiger partial charge in [-0.3, -0.25) is 20.4 Å². The van der Waals surface area contributed by atoms with E-state index >= 15 is 0 Å². The van der Waals surface area contributed by atoms with Gasteiger partial charge in [-0.2, -0.15) is 10.4 Å². The van der Waals surface area contributed by atoms with Gasteiger partial charge in [0.25, 0.3) is 11.8 Å². The highest BCUT2D eigenvalue weighted by Gasteiger charge is 2.12. The zero-order chi connectivity index (χ0) is 21.7. The van der Waals surface area contributed by atoms with Crippen LogP contribution in [0.25, 0.3) is 5.69 Å². The molecule has 0 bridgehead atoms. The van der Waals surface area contributed by atoms with Crippen molar-refractivity contribution in [3.63, 3.8) is 0 Å². The van der Waals surface area contributed by atoms with Crippen molar-refractivity contribution in [2.24, 2.45) is 0 Å². The molecule has 2 N–H and O–H groups in total. The largest absolute Gasteiger partial charge is 0.484 e. The molecule has 3 aromatic rings. The van der Waals surface area contributed by atoms with Crippen LogP contribution in [-0.4, -0.2) is 28.2 Å². The number of nitrogens with zero attached hydrogens (tertiary/aromatic N) is 3. The highest BCUT2D eigenvalue weighted by atomic mass is 35.5. The minimum Gasteiger partial charge on any atom is -0.484 e. The van der Waals surface area contributed by atoms with E-state index in [0.717, 1.165) is 17.1 Å². The Labute approximate surface area is 178 Å². The number of aryl methyl sites for hydroxylation is 1. The molecule has 1 aromatic heterocycles. The van der Waals surface area contributed by atoms with Gasteiger partial charge >= 0.3 is 0 Å². The molecule has 30 heavy (non-hydrogen) atoms. The van der Waals surface area contributed by atoms with Crippen molar-refractivity contribution in [3.05, 3.63) is 76.1 Å². The van der Waals surface area contributed by atoms with Gasteiger partial charge in [0, 0.05) is 5.56 Å². The van der Waals surface area contributed by atoms with Crippen molar-refractivity contribution < 1.29 is 14.3 Å². The predicted molar refractivity (Wildman–Crippen MR) is 110 cm³/mol. The molecule has 9 heteroatoms. The van der Waals surface area contributed by atoms with Gasteiger partial charge in [0.05, 0.1) is 33.7 Å². The van der Waals surface area contributed by atoms with Crippen molar-refractivity contribution in [2.75, 3.05) is 6.61 Å². The van der Waals surface area contributed by atoms with Crippen molar-refractivity contribution >= 4 is 23.4 Å². The number of nitriles is 1. The van der Waals surface area contributed by atoms with Crippen LogP contribution in [0, 0.1) is 25.2 Å². The number of nitrogens with one attached hydrogen (secondary N) is 2. The van der Waals surface area contributed by atoms with Crippen molar-refractivity contribution in [1.29, 1.82) is 5.26 Å². The van der Waals surface area contributed by atoms with Crippen LogP contribution in [0.2, 0.25) is 5.02 Å². The molecule has 0 radical (unpaired) electrons. The maximum atomic E-state index is 12.2. The average Bonchev–Trinajstić information content (AvgIpc) is 3.03. The summed E-state index contributed by atoms with van der Waals surface area (Å²) in [6.45, 7) is 3.39. The zero-order valence-corrected chi connectivity index (χ0v) is 17.0. The maximum Gasteiger partial charge on any atom is 0.276 e. The molecule has 0 aliphatic carbocycles. The Morgan fingerprint density at radius 3 is 2.33 bits per heavy atom. The van der Waals surface area contributed by atoms with Gasteiger partial charge in [-0.25, -0.2) is 4.68 Å². The standard InChI is InChI=1S/C21H18ClN5O3/c1-13-20(22)14(2)27(26-13)17-7-5-16(6-8-17)21(29)25-24-19(28)12-30-18-9-3-15(11-23)4-10-18/h3-10H,12H2,1-2H3,(H,24,28)(H,25,29). The molecule has 8 nitrogen and oxygen atoms in total. The van der Waals surface area contributed by atoms with Crippen LogP contribution in [0.15, 0.2) is 48.5 Å². The van der Waals surface area contributed by atoms with Crippen LogP contribution in [0.4, 0.5) is 0 Å². The molecule has 2 aromatic carbocycles. The number of rotatable bonds is 5. The van der Waals surface area contributed by atoms with E-state index in [2.05, 4.69) is 16.0 Å². The third-order valence-corrected chi connectivity index (χ3v) is 4.79. The third-order valence-electron chi connectivity index (χ3n) is 4.25. The number of benzene rings is 2. The molecule has 0 saturated heterocycles. The van der Waals surface area contributed by atoms with Crippen LogP contribution >= 0.6 is 11.6 Å². The first-order valence-electron chi connectivity index (χ1n) is 8.93. The van der Waals surface area contributed by atoms with E-state index in [-0.39, 0.29) is 6.61 Å². The zero-order valence-electron chi connectivity index (χ0n) is 16.3. The smallest absolute Gasteiger partial charge is 0.276 e. The van der Waals surface area contributed by atoms with E-state index in [0.29, 0.717) is 21.9 Å². The first-order valence-corrected chi connectivity index (χ1v) is 9.31. The van der Waals surface area contributed by atoms with Crippen molar-refractivity contribution in [1.82, 2.24) is 20.6 Å². The molecule has 1 heterocycles. The second-order valence-electron chi connectivity index (χ2n) is 6.37. The molecular weight excluding hydrogens is 406 g/mol. The quantitative estimate of drug-likeness (QED) is 0.613. The first-order chi connectivity index (χ1) is 14.4. The fourth-order valence-corrected chi connectivity index (χ4v) is 2.76. The molecule has 3 rings (SSSR count). The summed E-state index contributed by atoms with van der Waals surface area (Å²) >= 11 is 6.17. The molecule has 0 saturated carbocycles. The Bertz CT molecular complexity index is 1120. The number of ether oxygens (including phenoxy) is 1. The van der Waals surface area contributed by atoms with Crippen LogP contribution in [0.1, 0.15) is 27.3 Å². The Morgan fingerprint density at radius 2 is 1.77 bits per heavy atom. The van der Waals surface area contributed by atoms with E-state index in [1.165, 1.54) is 0 Å². The lowest BCUT2D eigenvalue weighted by Crippen LogP contribution is -2.43. The number of hydrogen-bond donors (Lipinski definition) is 2. The topological polar surface area (TPSA) is 109 Å². The number of hydrazine groups is 1. The highest BCUT2D eigenvalue weighted by molar-refractivity contribution is 6.31. The molecule has 0 aliphatic heterocycles. The number of aromatic nitrogens is 2. The Kier molecular flexibility index (Phi) is 6.35. The summed E-state index contributed by atoms with van der Waals surface area (Å²) in [5.74, 6) is -0.559. The monoisotopic (exact) mass is 423 g/mol. The summed E-state index contributed by atoms with van der Waals surface area (Å²) in [4.78, 5) is 24.1. The minimum atomic E-state index is -0.526. The molecule has 0 unspecified atom stereocenters. The van der Waals surface area contributed by atoms with E-state index in [4.69, 9.17) is 21.6 Å². The summed E-state index contributed by atoms with van der Waals surface area (Å²) in [5, 5.41) is 13.7. The van der Waals surface area contributed by atoms with E-state index in [9.17, 15) is 9.59 Å². The molecule has 2 amide bonds. The van der Waals surface area contributed by atoms with Crippen molar-refractivity contribution in [2.45, 2.75) is 13.8 Å². The van der Waals surface area contributed by atoms with E-state index < -0.39 is 11.8 Å². The average molecular weight is 424 g/mol. The molecule has 152 valence electrons. The third kappa shape index (κ3) is 4.77. The normalized spacial score (nSPS) is 10.2. The Hall–Kier alpha value is -3.83. The Balaban J connectivity index is 1.52. The van der Waals surface area contributed by atoms with Crippen LogP contribution < -0.4 is 15.6 Å². The van der Waals surface area contributed by atoms with Gasteiger partial charge in [-0.1, -0.05) is 11.6 Å². The molecule has 0 fully saturated rings. The lowest BCUT2D eigenvalue weighted by molar-refractivity contribution is -0.123. The number of hydrogen-bond acceptors (Lipinski definition) is 5. The second kappa shape index (κ2) is 9.11.